The van der Waals surface area contributed by atoms with Crippen molar-refractivity contribution in [2.45, 2.75) is 52.6 Å². The van der Waals surface area contributed by atoms with Crippen molar-refractivity contribution in [3.05, 3.63) is 29.8 Å². The monoisotopic (exact) mass is 328 g/mol. The number of ether oxygens (including phenoxy) is 1. The van der Waals surface area contributed by atoms with Crippen LogP contribution in [0.4, 0.5) is 0 Å². The first-order valence-electron chi connectivity index (χ1n) is 7.83. The topological polar surface area (TPSA) is 64.3 Å². The Morgan fingerprint density at radius 3 is 2.73 bits per heavy atom. The zero-order valence-corrected chi connectivity index (χ0v) is 14.6. The molecule has 0 aromatic heterocycles. The first-order chi connectivity index (χ1) is 10.1. The van der Waals surface area contributed by atoms with Crippen molar-refractivity contribution in [3.63, 3.8) is 0 Å². The van der Waals surface area contributed by atoms with E-state index in [4.69, 9.17) is 10.5 Å². The summed E-state index contributed by atoms with van der Waals surface area (Å²) in [6.07, 6.45) is 3.06. The van der Waals surface area contributed by atoms with Crippen LogP contribution >= 0.6 is 12.4 Å². The fourth-order valence-corrected chi connectivity index (χ4v) is 1.90. The largest absolute Gasteiger partial charge is 0.494 e. The molecule has 1 rings (SSSR count). The van der Waals surface area contributed by atoms with Gasteiger partial charge in [-0.05, 0) is 30.0 Å². The number of unbranched alkanes of at least 4 members (excludes halogenated alkanes) is 1. The molecule has 1 aromatic carbocycles. The van der Waals surface area contributed by atoms with Crippen LogP contribution in [0.2, 0.25) is 0 Å². The van der Waals surface area contributed by atoms with Crippen molar-refractivity contribution in [2.24, 2.45) is 11.7 Å². The molecule has 0 saturated carbocycles. The van der Waals surface area contributed by atoms with Gasteiger partial charge in [0.1, 0.15) is 5.75 Å². The molecule has 3 N–H and O–H groups in total. The molecule has 1 amide bonds. The van der Waals surface area contributed by atoms with Gasteiger partial charge in [0.15, 0.2) is 0 Å². The second-order valence-electron chi connectivity index (χ2n) is 5.48. The van der Waals surface area contributed by atoms with E-state index in [2.05, 4.69) is 12.2 Å². The van der Waals surface area contributed by atoms with Gasteiger partial charge in [-0.1, -0.05) is 45.7 Å². The van der Waals surface area contributed by atoms with Crippen molar-refractivity contribution in [3.8, 4) is 5.75 Å². The minimum atomic E-state index is -0.445. The number of amides is 1. The van der Waals surface area contributed by atoms with E-state index in [0.717, 1.165) is 37.2 Å². The Hall–Kier alpha value is -1.26. The Morgan fingerprint density at radius 1 is 1.36 bits per heavy atom. The van der Waals surface area contributed by atoms with Crippen LogP contribution < -0.4 is 15.8 Å². The Labute approximate surface area is 140 Å². The third kappa shape index (κ3) is 7.14. The molecule has 0 aliphatic heterocycles. The summed E-state index contributed by atoms with van der Waals surface area (Å²) in [6, 6.07) is 7.37. The lowest BCUT2D eigenvalue weighted by molar-refractivity contribution is -0.123. The summed E-state index contributed by atoms with van der Waals surface area (Å²) >= 11 is 0. The number of hydrogen-bond donors (Lipinski definition) is 2. The van der Waals surface area contributed by atoms with Crippen LogP contribution in [0.25, 0.3) is 0 Å². The van der Waals surface area contributed by atoms with Crippen LogP contribution in [0.15, 0.2) is 24.3 Å². The summed E-state index contributed by atoms with van der Waals surface area (Å²) < 4.78 is 5.66. The summed E-state index contributed by atoms with van der Waals surface area (Å²) in [6.45, 7) is 7.37. The van der Waals surface area contributed by atoms with Crippen LogP contribution in [-0.4, -0.2) is 18.6 Å². The molecule has 0 aliphatic rings. The molecule has 126 valence electrons. The SMILES string of the molecule is CCCCOc1cccc(CNC(=O)C(N)C(C)CC)c1.Cl. The fourth-order valence-electron chi connectivity index (χ4n) is 1.90. The predicted molar refractivity (Wildman–Crippen MR) is 93.4 cm³/mol. The number of nitrogens with one attached hydrogen (secondary N) is 1. The van der Waals surface area contributed by atoms with Crippen LogP contribution in [0, 0.1) is 5.92 Å². The van der Waals surface area contributed by atoms with Gasteiger partial charge in [-0.3, -0.25) is 4.79 Å². The molecule has 2 unspecified atom stereocenters. The molecular formula is C17H29ClN2O2. The lowest BCUT2D eigenvalue weighted by atomic mass is 9.99. The van der Waals surface area contributed by atoms with Crippen LogP contribution in [0.5, 0.6) is 5.75 Å². The molecule has 0 aliphatic carbocycles. The average Bonchev–Trinajstić information content (AvgIpc) is 2.51. The van der Waals surface area contributed by atoms with Crippen molar-refractivity contribution in [1.82, 2.24) is 5.32 Å². The van der Waals surface area contributed by atoms with E-state index >= 15 is 0 Å². The third-order valence-corrected chi connectivity index (χ3v) is 3.69. The molecular weight excluding hydrogens is 300 g/mol. The van der Waals surface area contributed by atoms with Gasteiger partial charge in [0.2, 0.25) is 5.91 Å². The van der Waals surface area contributed by atoms with Gasteiger partial charge in [-0.15, -0.1) is 12.4 Å². The van der Waals surface area contributed by atoms with Gasteiger partial charge in [0.05, 0.1) is 12.6 Å². The van der Waals surface area contributed by atoms with E-state index in [0.29, 0.717) is 6.54 Å². The lowest BCUT2D eigenvalue weighted by Crippen LogP contribution is -2.44. The highest BCUT2D eigenvalue weighted by Crippen LogP contribution is 2.14. The van der Waals surface area contributed by atoms with Gasteiger partial charge >= 0.3 is 0 Å². The average molecular weight is 329 g/mol. The molecule has 2 atom stereocenters. The summed E-state index contributed by atoms with van der Waals surface area (Å²) in [5, 5.41) is 2.89. The lowest BCUT2D eigenvalue weighted by Gasteiger charge is -2.17. The maximum atomic E-state index is 11.9. The molecule has 0 spiro atoms. The Kier molecular flexibility index (Phi) is 10.7. The van der Waals surface area contributed by atoms with Crippen LogP contribution in [-0.2, 0) is 11.3 Å². The van der Waals surface area contributed by atoms with E-state index < -0.39 is 6.04 Å². The number of benzene rings is 1. The molecule has 0 saturated heterocycles. The number of halogens is 1. The van der Waals surface area contributed by atoms with E-state index in [1.165, 1.54) is 0 Å². The zero-order valence-electron chi connectivity index (χ0n) is 13.8. The molecule has 4 nitrogen and oxygen atoms in total. The van der Waals surface area contributed by atoms with Crippen LogP contribution in [0.1, 0.15) is 45.6 Å². The van der Waals surface area contributed by atoms with Gasteiger partial charge in [0.25, 0.3) is 0 Å². The van der Waals surface area contributed by atoms with Crippen molar-refractivity contribution in [1.29, 1.82) is 0 Å². The van der Waals surface area contributed by atoms with E-state index in [1.54, 1.807) is 0 Å². The van der Waals surface area contributed by atoms with Crippen molar-refractivity contribution < 1.29 is 9.53 Å². The first-order valence-corrected chi connectivity index (χ1v) is 7.83. The Morgan fingerprint density at radius 2 is 2.09 bits per heavy atom. The maximum Gasteiger partial charge on any atom is 0.237 e. The highest BCUT2D eigenvalue weighted by Gasteiger charge is 2.18. The number of nitrogens with two attached hydrogens (primary N) is 1. The highest BCUT2D eigenvalue weighted by molar-refractivity contribution is 5.85. The van der Waals surface area contributed by atoms with Gasteiger partial charge in [-0.25, -0.2) is 0 Å². The highest BCUT2D eigenvalue weighted by atomic mass is 35.5. The maximum absolute atomic E-state index is 11.9. The van der Waals surface area contributed by atoms with Gasteiger partial charge in [-0.2, -0.15) is 0 Å². The van der Waals surface area contributed by atoms with Gasteiger partial charge in [0, 0.05) is 6.54 Å². The van der Waals surface area contributed by atoms with E-state index in [1.807, 2.05) is 38.1 Å². The Balaban J connectivity index is 0.00000441. The van der Waals surface area contributed by atoms with E-state index in [9.17, 15) is 4.79 Å². The third-order valence-electron chi connectivity index (χ3n) is 3.69. The summed E-state index contributed by atoms with van der Waals surface area (Å²) in [4.78, 5) is 11.9. The second kappa shape index (κ2) is 11.3. The molecule has 0 fully saturated rings. The van der Waals surface area contributed by atoms with Gasteiger partial charge < -0.3 is 15.8 Å². The number of hydrogen-bond acceptors (Lipinski definition) is 3. The molecule has 0 radical (unpaired) electrons. The predicted octanol–water partition coefficient (Wildman–Crippen LogP) is 3.28. The standard InChI is InChI=1S/C17H28N2O2.ClH/c1-4-6-10-21-15-9-7-8-14(11-15)12-19-17(20)16(18)13(3)5-2;/h7-9,11,13,16H,4-6,10,12,18H2,1-3H3,(H,19,20);1H. The molecule has 5 heteroatoms. The summed E-state index contributed by atoms with van der Waals surface area (Å²) in [7, 11) is 0. The fraction of sp³-hybridized carbons (Fsp3) is 0.588. The normalized spacial score (nSPS) is 12.9. The van der Waals surface area contributed by atoms with E-state index in [-0.39, 0.29) is 24.2 Å². The summed E-state index contributed by atoms with van der Waals surface area (Å²) in [5.74, 6) is 0.941. The quantitative estimate of drug-likeness (QED) is 0.684. The second-order valence-corrected chi connectivity index (χ2v) is 5.48. The smallest absolute Gasteiger partial charge is 0.237 e. The minimum absolute atomic E-state index is 0. The Bertz CT molecular complexity index is 440. The van der Waals surface area contributed by atoms with Crippen molar-refractivity contribution in [2.75, 3.05) is 6.61 Å². The van der Waals surface area contributed by atoms with Crippen molar-refractivity contribution >= 4 is 18.3 Å². The summed E-state index contributed by atoms with van der Waals surface area (Å²) in [5.41, 5.74) is 6.93. The van der Waals surface area contributed by atoms with Crippen LogP contribution in [0.3, 0.4) is 0 Å². The molecule has 0 heterocycles. The number of rotatable bonds is 9. The molecule has 0 bridgehead atoms. The zero-order chi connectivity index (χ0) is 15.7. The molecule has 22 heavy (non-hydrogen) atoms. The minimum Gasteiger partial charge on any atom is -0.494 e. The number of carbonyl (C=O) groups is 1. The number of carbonyl (C=O) groups excluding carboxylic acids is 1. The molecule has 1 aromatic rings. The first kappa shape index (κ1) is 20.7.